The Kier molecular flexibility index (Phi) is 8.76. The van der Waals surface area contributed by atoms with Crippen LogP contribution in [0.15, 0.2) is 114 Å². The van der Waals surface area contributed by atoms with Gasteiger partial charge in [0.2, 0.25) is 5.91 Å². The number of anilines is 1. The zero-order chi connectivity index (χ0) is 27.0. The first-order valence-electron chi connectivity index (χ1n) is 12.2. The highest BCUT2D eigenvalue weighted by Crippen LogP contribution is 2.27. The Balaban J connectivity index is 1.69. The minimum Gasteiger partial charge on any atom is -0.494 e. The molecule has 0 aliphatic heterocycles. The Morgan fingerprint density at radius 1 is 0.763 bits per heavy atom. The first kappa shape index (κ1) is 26.9. The van der Waals surface area contributed by atoms with E-state index in [1.54, 1.807) is 29.2 Å². The molecule has 38 heavy (non-hydrogen) atoms. The van der Waals surface area contributed by atoms with E-state index in [9.17, 15) is 17.6 Å². The fourth-order valence-electron chi connectivity index (χ4n) is 3.99. The van der Waals surface area contributed by atoms with Crippen LogP contribution in [-0.4, -0.2) is 32.4 Å². The predicted octanol–water partition coefficient (Wildman–Crippen LogP) is 5.65. The zero-order valence-corrected chi connectivity index (χ0v) is 21.9. The lowest BCUT2D eigenvalue weighted by Gasteiger charge is -2.29. The molecular weight excluding hydrogens is 503 g/mol. The standard InChI is InChI=1S/C30H29FN2O4S/c1-2-37-28-17-15-27(16-18-28)33(38(35,36)29-19-13-26(31)14-20-29)23-30(34)32(21-24-9-5-3-6-10-24)22-25-11-7-4-8-12-25/h3-20H,2,21-23H2,1H3. The van der Waals surface area contributed by atoms with Crippen LogP contribution in [0.25, 0.3) is 0 Å². The van der Waals surface area contributed by atoms with Gasteiger partial charge < -0.3 is 9.64 Å². The van der Waals surface area contributed by atoms with E-state index < -0.39 is 22.4 Å². The number of nitrogens with zero attached hydrogens (tertiary/aromatic N) is 2. The fourth-order valence-corrected chi connectivity index (χ4v) is 5.40. The number of amides is 1. The minimum atomic E-state index is -4.19. The highest BCUT2D eigenvalue weighted by Gasteiger charge is 2.29. The summed E-state index contributed by atoms with van der Waals surface area (Å²) in [4.78, 5) is 15.3. The van der Waals surface area contributed by atoms with Gasteiger partial charge in [-0.25, -0.2) is 12.8 Å². The molecule has 0 aromatic heterocycles. The van der Waals surface area contributed by atoms with Gasteiger partial charge >= 0.3 is 0 Å². The monoisotopic (exact) mass is 532 g/mol. The van der Waals surface area contributed by atoms with Crippen LogP contribution in [0, 0.1) is 5.82 Å². The van der Waals surface area contributed by atoms with Gasteiger partial charge in [0.05, 0.1) is 17.2 Å². The van der Waals surface area contributed by atoms with E-state index >= 15 is 0 Å². The van der Waals surface area contributed by atoms with Gasteiger partial charge in [0, 0.05) is 13.1 Å². The Bertz CT molecular complexity index is 1390. The van der Waals surface area contributed by atoms with Gasteiger partial charge in [-0.15, -0.1) is 0 Å². The third-order valence-corrected chi connectivity index (χ3v) is 7.69. The number of carbonyl (C=O) groups excluding carboxylic acids is 1. The van der Waals surface area contributed by atoms with Crippen LogP contribution < -0.4 is 9.04 Å². The first-order chi connectivity index (χ1) is 18.4. The van der Waals surface area contributed by atoms with Crippen LogP contribution in [0.4, 0.5) is 10.1 Å². The first-order valence-corrected chi connectivity index (χ1v) is 13.7. The lowest BCUT2D eigenvalue weighted by molar-refractivity contribution is -0.130. The Morgan fingerprint density at radius 3 is 1.79 bits per heavy atom. The smallest absolute Gasteiger partial charge is 0.264 e. The van der Waals surface area contributed by atoms with Gasteiger partial charge in [0.15, 0.2) is 0 Å². The molecule has 0 aliphatic carbocycles. The maximum atomic E-state index is 13.8. The number of hydrogen-bond acceptors (Lipinski definition) is 4. The maximum Gasteiger partial charge on any atom is 0.264 e. The molecule has 6 nitrogen and oxygen atoms in total. The second-order valence-corrected chi connectivity index (χ2v) is 10.5. The van der Waals surface area contributed by atoms with Crippen molar-refractivity contribution in [2.75, 3.05) is 17.5 Å². The summed E-state index contributed by atoms with van der Waals surface area (Å²) in [6, 6.07) is 30.1. The van der Waals surface area contributed by atoms with Gasteiger partial charge in [0.25, 0.3) is 10.0 Å². The minimum absolute atomic E-state index is 0.113. The molecular formula is C30H29FN2O4S. The number of hydrogen-bond donors (Lipinski definition) is 0. The summed E-state index contributed by atoms with van der Waals surface area (Å²) in [5.74, 6) is -0.349. The third-order valence-electron chi connectivity index (χ3n) is 5.90. The number of carbonyl (C=O) groups is 1. The fraction of sp³-hybridized carbons (Fsp3) is 0.167. The molecule has 0 saturated carbocycles. The lowest BCUT2D eigenvalue weighted by Crippen LogP contribution is -2.42. The molecule has 0 radical (unpaired) electrons. The van der Waals surface area contributed by atoms with Crippen LogP contribution in [-0.2, 0) is 27.9 Å². The highest BCUT2D eigenvalue weighted by molar-refractivity contribution is 7.92. The van der Waals surface area contributed by atoms with Crippen LogP contribution >= 0.6 is 0 Å². The van der Waals surface area contributed by atoms with Gasteiger partial charge in [-0.2, -0.15) is 0 Å². The second-order valence-electron chi connectivity index (χ2n) is 8.61. The summed E-state index contributed by atoms with van der Waals surface area (Å²) in [5, 5.41) is 0. The molecule has 0 unspecified atom stereocenters. The molecule has 0 atom stereocenters. The molecule has 0 aliphatic rings. The summed E-state index contributed by atoms with van der Waals surface area (Å²) in [7, 11) is -4.19. The Labute approximate surface area is 223 Å². The molecule has 8 heteroatoms. The van der Waals surface area contributed by atoms with Crippen LogP contribution in [0.5, 0.6) is 5.75 Å². The molecule has 4 aromatic carbocycles. The highest BCUT2D eigenvalue weighted by atomic mass is 32.2. The average molecular weight is 533 g/mol. The topological polar surface area (TPSA) is 66.9 Å². The van der Waals surface area contributed by atoms with Gasteiger partial charge in [-0.3, -0.25) is 9.10 Å². The molecule has 0 spiro atoms. The van der Waals surface area contributed by atoms with Crippen molar-refractivity contribution in [3.05, 3.63) is 126 Å². The summed E-state index contributed by atoms with van der Waals surface area (Å²) in [6.45, 7) is 2.49. The summed E-state index contributed by atoms with van der Waals surface area (Å²) >= 11 is 0. The summed E-state index contributed by atoms with van der Waals surface area (Å²) in [6.07, 6.45) is 0. The average Bonchev–Trinajstić information content (AvgIpc) is 2.93. The van der Waals surface area contributed by atoms with Crippen molar-refractivity contribution in [1.82, 2.24) is 4.90 Å². The van der Waals surface area contributed by atoms with E-state index in [4.69, 9.17) is 4.74 Å². The van der Waals surface area contributed by atoms with Crippen molar-refractivity contribution in [2.24, 2.45) is 0 Å². The number of rotatable bonds is 11. The molecule has 0 bridgehead atoms. The van der Waals surface area contributed by atoms with E-state index in [2.05, 4.69) is 0 Å². The quantitative estimate of drug-likeness (QED) is 0.250. The van der Waals surface area contributed by atoms with Crippen LogP contribution in [0.2, 0.25) is 0 Å². The largest absolute Gasteiger partial charge is 0.494 e. The van der Waals surface area contributed by atoms with Crippen molar-refractivity contribution in [3.63, 3.8) is 0 Å². The van der Waals surface area contributed by atoms with Gasteiger partial charge in [-0.05, 0) is 66.6 Å². The van der Waals surface area contributed by atoms with Gasteiger partial charge in [0.1, 0.15) is 18.1 Å². The summed E-state index contributed by atoms with van der Waals surface area (Å²) < 4.78 is 47.6. The number of ether oxygens (including phenoxy) is 1. The number of sulfonamides is 1. The van der Waals surface area contributed by atoms with Crippen molar-refractivity contribution in [2.45, 2.75) is 24.9 Å². The Morgan fingerprint density at radius 2 is 1.29 bits per heavy atom. The maximum absolute atomic E-state index is 13.8. The van der Waals surface area contributed by atoms with Crippen LogP contribution in [0.3, 0.4) is 0 Å². The molecule has 0 heterocycles. The lowest BCUT2D eigenvalue weighted by atomic mass is 10.1. The summed E-state index contributed by atoms with van der Waals surface area (Å²) in [5.41, 5.74) is 2.14. The van der Waals surface area contributed by atoms with Crippen molar-refractivity contribution in [3.8, 4) is 5.75 Å². The number of benzene rings is 4. The van der Waals surface area contributed by atoms with Crippen molar-refractivity contribution < 1.29 is 22.3 Å². The third kappa shape index (κ3) is 6.77. The van der Waals surface area contributed by atoms with E-state index in [0.29, 0.717) is 31.1 Å². The molecule has 4 rings (SSSR count). The molecule has 0 N–H and O–H groups in total. The SMILES string of the molecule is CCOc1ccc(N(CC(=O)N(Cc2ccccc2)Cc2ccccc2)S(=O)(=O)c2ccc(F)cc2)cc1. The normalized spacial score (nSPS) is 11.1. The zero-order valence-electron chi connectivity index (χ0n) is 21.0. The molecule has 4 aromatic rings. The molecule has 196 valence electrons. The number of halogens is 1. The van der Waals surface area contributed by atoms with Gasteiger partial charge in [-0.1, -0.05) is 60.7 Å². The van der Waals surface area contributed by atoms with E-state index in [1.807, 2.05) is 67.6 Å². The van der Waals surface area contributed by atoms with Crippen molar-refractivity contribution in [1.29, 1.82) is 0 Å². The van der Waals surface area contributed by atoms with E-state index in [1.165, 1.54) is 12.1 Å². The van der Waals surface area contributed by atoms with E-state index in [-0.39, 0.29) is 10.8 Å². The second kappa shape index (κ2) is 12.4. The van der Waals surface area contributed by atoms with Crippen LogP contribution in [0.1, 0.15) is 18.1 Å². The molecule has 1 amide bonds. The predicted molar refractivity (Wildman–Crippen MR) is 146 cm³/mol. The molecule has 0 fully saturated rings. The van der Waals surface area contributed by atoms with E-state index in [0.717, 1.165) is 27.6 Å². The molecule has 0 saturated heterocycles. The van der Waals surface area contributed by atoms with Crippen molar-refractivity contribution >= 4 is 21.6 Å². The Hall–Kier alpha value is -4.17.